The molecule has 1 atom stereocenters. The topological polar surface area (TPSA) is 41.1 Å². The molecule has 0 aliphatic carbocycles. The molecule has 3 nitrogen and oxygen atoms in total. The minimum atomic E-state index is -0.0783. The number of carbonyl (C=O) groups excluding carboxylic acids is 1. The number of nitrogens with one attached hydrogen (secondary N) is 2. The second-order valence-corrected chi connectivity index (χ2v) is 3.60. The molecule has 15 heavy (non-hydrogen) atoms. The zero-order chi connectivity index (χ0) is 11.3. The number of hydrogen-bond donors (Lipinski definition) is 2. The Morgan fingerprint density at radius 3 is 2.40 bits per heavy atom. The van der Waals surface area contributed by atoms with Crippen molar-refractivity contribution in [1.29, 1.82) is 0 Å². The molecule has 0 aromatic heterocycles. The first-order chi connectivity index (χ1) is 7.17. The monoisotopic (exact) mass is 204 g/mol. The molecule has 0 aliphatic rings. The van der Waals surface area contributed by atoms with Crippen LogP contribution in [-0.4, -0.2) is 26.9 Å². The first kappa shape index (κ1) is 11.8. The van der Waals surface area contributed by atoms with E-state index in [1.165, 1.54) is 5.56 Å². The number of ketones is 1. The van der Waals surface area contributed by atoms with Crippen molar-refractivity contribution in [2.45, 2.75) is 19.4 Å². The molecule has 1 aromatic carbocycles. The Kier molecular flexibility index (Phi) is 4.37. The fraction of sp³-hybridized carbons (Fsp3) is 0.364. The number of rotatable bonds is 5. The van der Waals surface area contributed by atoms with E-state index >= 15 is 0 Å². The summed E-state index contributed by atoms with van der Waals surface area (Å²) in [7, 11) is 3.70. The lowest BCUT2D eigenvalue weighted by Gasteiger charge is -2.12. The smallest absolute Gasteiger partial charge is 0.213 e. The number of anilines is 1. The van der Waals surface area contributed by atoms with Crippen LogP contribution in [0.25, 0.3) is 0 Å². The highest BCUT2D eigenvalue weighted by molar-refractivity contribution is 6.15. The third kappa shape index (κ3) is 3.40. The molecule has 1 aromatic rings. The van der Waals surface area contributed by atoms with Crippen LogP contribution in [0.4, 0.5) is 5.69 Å². The largest absolute Gasteiger partial charge is 0.434 e. The molecule has 1 unspecified atom stereocenters. The average molecular weight is 204 g/mol. The van der Waals surface area contributed by atoms with E-state index < -0.39 is 0 Å². The molecular weight excluding hydrogens is 187 g/mol. The number of benzene rings is 1. The summed E-state index contributed by atoms with van der Waals surface area (Å²) in [5.74, 6) is 0.176. The summed E-state index contributed by atoms with van der Waals surface area (Å²) in [6, 6.07) is 8.04. The molecule has 1 rings (SSSR count). The first-order valence-electron chi connectivity index (χ1n) is 5.11. The number of likely N-dealkylation sites (N-methyl/N-ethyl adjacent to an activating group) is 1. The maximum Gasteiger partial charge on any atom is 0.213 e. The van der Waals surface area contributed by atoms with Gasteiger partial charge in [0.1, 0.15) is 5.78 Å². The van der Waals surface area contributed by atoms with Crippen LogP contribution in [0.2, 0.25) is 0 Å². The first-order valence-corrected chi connectivity index (χ1v) is 5.11. The van der Waals surface area contributed by atoms with Crippen LogP contribution < -0.4 is 10.5 Å². The number of hydrogen-bond acceptors (Lipinski definition) is 3. The van der Waals surface area contributed by atoms with Gasteiger partial charge in [0.15, 0.2) is 0 Å². The van der Waals surface area contributed by atoms with Gasteiger partial charge < -0.3 is 10.5 Å². The van der Waals surface area contributed by atoms with Crippen LogP contribution in [0.15, 0.2) is 24.3 Å². The summed E-state index contributed by atoms with van der Waals surface area (Å²) >= 11 is 0. The van der Waals surface area contributed by atoms with Gasteiger partial charge in [-0.25, -0.2) is 0 Å². The number of carbonyl (C=O) groups is 1. The van der Waals surface area contributed by atoms with E-state index in [1.807, 2.05) is 39.3 Å². The normalized spacial score (nSPS) is 12.1. The minimum Gasteiger partial charge on any atom is -0.434 e. The SMILES string of the molecule is BNc1ccc(CC(NC)C(C)=O)cc1. The van der Waals surface area contributed by atoms with Crippen molar-refractivity contribution in [3.8, 4) is 0 Å². The summed E-state index contributed by atoms with van der Waals surface area (Å²) in [5, 5.41) is 6.08. The van der Waals surface area contributed by atoms with Crippen molar-refractivity contribution < 1.29 is 4.79 Å². The fourth-order valence-electron chi connectivity index (χ4n) is 1.49. The molecule has 0 spiro atoms. The Balaban J connectivity index is 2.67. The molecule has 0 amide bonds. The molecule has 0 saturated heterocycles. The van der Waals surface area contributed by atoms with Crippen molar-refractivity contribution >= 4 is 19.5 Å². The van der Waals surface area contributed by atoms with Gasteiger partial charge >= 0.3 is 0 Å². The molecule has 0 aliphatic heterocycles. The van der Waals surface area contributed by atoms with Gasteiger partial charge in [-0.05, 0) is 38.1 Å². The Labute approximate surface area is 91.7 Å². The van der Waals surface area contributed by atoms with Crippen LogP contribution in [0.1, 0.15) is 12.5 Å². The van der Waals surface area contributed by atoms with Crippen molar-refractivity contribution in [3.63, 3.8) is 0 Å². The summed E-state index contributed by atoms with van der Waals surface area (Å²) in [5.41, 5.74) is 2.26. The summed E-state index contributed by atoms with van der Waals surface area (Å²) in [6.07, 6.45) is 0.746. The molecule has 4 heteroatoms. The van der Waals surface area contributed by atoms with Crippen LogP contribution in [0.5, 0.6) is 0 Å². The molecule has 0 bridgehead atoms. The minimum absolute atomic E-state index is 0.0783. The van der Waals surface area contributed by atoms with Crippen LogP contribution in [0.3, 0.4) is 0 Å². The molecule has 0 heterocycles. The highest BCUT2D eigenvalue weighted by Gasteiger charge is 2.11. The maximum absolute atomic E-state index is 11.2. The lowest BCUT2D eigenvalue weighted by atomic mass is 10.0. The van der Waals surface area contributed by atoms with Crippen molar-refractivity contribution in [1.82, 2.24) is 5.32 Å². The van der Waals surface area contributed by atoms with E-state index in [0.717, 1.165) is 12.1 Å². The summed E-state index contributed by atoms with van der Waals surface area (Å²) in [6.45, 7) is 1.61. The molecule has 0 radical (unpaired) electrons. The van der Waals surface area contributed by atoms with Crippen molar-refractivity contribution in [2.24, 2.45) is 0 Å². The van der Waals surface area contributed by atoms with Gasteiger partial charge in [-0.1, -0.05) is 12.1 Å². The third-order valence-corrected chi connectivity index (χ3v) is 2.52. The molecule has 0 saturated carbocycles. The van der Waals surface area contributed by atoms with E-state index in [1.54, 1.807) is 6.92 Å². The quantitative estimate of drug-likeness (QED) is 0.680. The van der Waals surface area contributed by atoms with Crippen LogP contribution in [0, 0.1) is 0 Å². The van der Waals surface area contributed by atoms with Crippen LogP contribution >= 0.6 is 0 Å². The standard InChI is InChI=1S/C11H17BN2O/c1-8(15)11(13-2)7-9-3-5-10(14-12)6-4-9/h3-6,11,13-14H,7,12H2,1-2H3. The van der Waals surface area contributed by atoms with Crippen molar-refractivity contribution in [2.75, 3.05) is 12.3 Å². The molecule has 2 N–H and O–H groups in total. The van der Waals surface area contributed by atoms with Gasteiger partial charge in [-0.15, -0.1) is 0 Å². The zero-order valence-electron chi connectivity index (χ0n) is 9.50. The maximum atomic E-state index is 11.2. The van der Waals surface area contributed by atoms with Gasteiger partial charge in [0.05, 0.1) is 6.04 Å². The second kappa shape index (κ2) is 5.56. The van der Waals surface area contributed by atoms with E-state index in [-0.39, 0.29) is 11.8 Å². The lowest BCUT2D eigenvalue weighted by Crippen LogP contribution is -2.34. The third-order valence-electron chi connectivity index (χ3n) is 2.52. The Morgan fingerprint density at radius 2 is 2.00 bits per heavy atom. The van der Waals surface area contributed by atoms with Gasteiger partial charge in [0, 0.05) is 5.69 Å². The van der Waals surface area contributed by atoms with Gasteiger partial charge in [0.25, 0.3) is 0 Å². The predicted molar refractivity (Wildman–Crippen MR) is 65.8 cm³/mol. The van der Waals surface area contributed by atoms with Gasteiger partial charge in [-0.2, -0.15) is 0 Å². The second-order valence-electron chi connectivity index (χ2n) is 3.60. The highest BCUT2D eigenvalue weighted by atomic mass is 16.1. The predicted octanol–water partition coefficient (Wildman–Crippen LogP) is 0.366. The molecule has 80 valence electrons. The fourth-order valence-corrected chi connectivity index (χ4v) is 1.49. The Bertz CT molecular complexity index is 324. The average Bonchev–Trinajstić information content (AvgIpc) is 2.26. The van der Waals surface area contributed by atoms with Gasteiger partial charge in [-0.3, -0.25) is 4.79 Å². The van der Waals surface area contributed by atoms with Gasteiger partial charge in [0.2, 0.25) is 7.98 Å². The Morgan fingerprint density at radius 1 is 1.40 bits per heavy atom. The Hall–Kier alpha value is -1.29. The highest BCUT2D eigenvalue weighted by Crippen LogP contribution is 2.10. The molecule has 0 fully saturated rings. The van der Waals surface area contributed by atoms with E-state index in [2.05, 4.69) is 10.5 Å². The van der Waals surface area contributed by atoms with Crippen molar-refractivity contribution in [3.05, 3.63) is 29.8 Å². The zero-order valence-corrected chi connectivity index (χ0v) is 9.50. The number of Topliss-reactive ketones (excluding diaryl/α,β-unsaturated/α-hetero) is 1. The van der Waals surface area contributed by atoms with E-state index in [4.69, 9.17) is 0 Å². The summed E-state index contributed by atoms with van der Waals surface area (Å²) < 4.78 is 0. The van der Waals surface area contributed by atoms with Crippen LogP contribution in [-0.2, 0) is 11.2 Å². The lowest BCUT2D eigenvalue weighted by molar-refractivity contribution is -0.118. The van der Waals surface area contributed by atoms with E-state index in [0.29, 0.717) is 0 Å². The summed E-state index contributed by atoms with van der Waals surface area (Å²) in [4.78, 5) is 11.2. The van der Waals surface area contributed by atoms with E-state index in [9.17, 15) is 4.79 Å². The molecular formula is C11H17BN2O.